The average Bonchev–Trinajstić information content (AvgIpc) is 2.18. The van der Waals surface area contributed by atoms with Gasteiger partial charge in [-0.3, -0.25) is 0 Å². The van der Waals surface area contributed by atoms with Gasteiger partial charge in [0.2, 0.25) is 0 Å². The molecule has 1 radical (unpaired) electrons. The third-order valence-electron chi connectivity index (χ3n) is 2.44. The van der Waals surface area contributed by atoms with Crippen LogP contribution in [0.3, 0.4) is 0 Å². The second kappa shape index (κ2) is 8.10. The van der Waals surface area contributed by atoms with Crippen LogP contribution < -0.4 is 0 Å². The minimum absolute atomic E-state index is 1.25. The first kappa shape index (κ1) is 10.6. The van der Waals surface area contributed by atoms with Crippen LogP contribution in [0.15, 0.2) is 24.3 Å². The Morgan fingerprint density at radius 1 is 0.538 bits per heavy atom. The Kier molecular flexibility index (Phi) is 6.58. The quantitative estimate of drug-likeness (QED) is 0.513. The molecule has 0 aliphatic heterocycles. The highest BCUT2D eigenvalue weighted by Crippen LogP contribution is 2.10. The van der Waals surface area contributed by atoms with Gasteiger partial charge in [0.1, 0.15) is 0 Å². The second-order valence-electron chi connectivity index (χ2n) is 3.71. The van der Waals surface area contributed by atoms with Gasteiger partial charge in [0.15, 0.2) is 0 Å². The Balaban J connectivity index is 2.18. The summed E-state index contributed by atoms with van der Waals surface area (Å²) in [5, 5.41) is 0. The van der Waals surface area contributed by atoms with E-state index >= 15 is 0 Å². The lowest BCUT2D eigenvalue weighted by Gasteiger charge is -1.98. The molecule has 1 aliphatic rings. The molecule has 0 saturated heterocycles. The maximum atomic E-state index is 2.46. The van der Waals surface area contributed by atoms with Crippen molar-refractivity contribution in [3.63, 3.8) is 0 Å². The van der Waals surface area contributed by atoms with Crippen LogP contribution in [0.4, 0.5) is 0 Å². The predicted octanol–water partition coefficient (Wildman–Crippen LogP) is 4.44. The molecule has 0 bridgehead atoms. The van der Waals surface area contributed by atoms with Crippen molar-refractivity contribution in [1.82, 2.24) is 0 Å². The highest BCUT2D eigenvalue weighted by atomic mass is 14.0. The fraction of sp³-hybridized carbons (Fsp3) is 0.615. The van der Waals surface area contributed by atoms with Crippen molar-refractivity contribution in [1.29, 1.82) is 0 Å². The van der Waals surface area contributed by atoms with Crippen molar-refractivity contribution >= 4 is 0 Å². The molecule has 73 valence electrons. The summed E-state index contributed by atoms with van der Waals surface area (Å²) in [4.78, 5) is 0. The molecule has 0 fully saturated rings. The van der Waals surface area contributed by atoms with Crippen molar-refractivity contribution in [2.45, 2.75) is 51.4 Å². The Morgan fingerprint density at radius 2 is 1.00 bits per heavy atom. The number of allylic oxidation sites excluding steroid dienone is 4. The normalized spacial score (nSPS) is 26.5. The van der Waals surface area contributed by atoms with Crippen molar-refractivity contribution in [3.8, 4) is 0 Å². The third-order valence-corrected chi connectivity index (χ3v) is 2.44. The number of rotatable bonds is 0. The van der Waals surface area contributed by atoms with Gasteiger partial charge in [0.05, 0.1) is 0 Å². The first-order chi connectivity index (χ1) is 6.50. The molecule has 0 aromatic carbocycles. The zero-order valence-electron chi connectivity index (χ0n) is 8.54. The molecule has 0 spiro atoms. The molecular weight excluding hydrogens is 156 g/mol. The molecule has 0 atom stereocenters. The van der Waals surface area contributed by atoms with Crippen molar-refractivity contribution < 1.29 is 0 Å². The Morgan fingerprint density at radius 3 is 1.54 bits per heavy atom. The lowest BCUT2D eigenvalue weighted by atomic mass is 10.1. The van der Waals surface area contributed by atoms with Gasteiger partial charge in [-0.25, -0.2) is 0 Å². The van der Waals surface area contributed by atoms with Gasteiger partial charge in [-0.1, -0.05) is 50.0 Å². The molecule has 0 nitrogen and oxygen atoms in total. The Labute approximate surface area is 82.7 Å². The third kappa shape index (κ3) is 6.62. The van der Waals surface area contributed by atoms with Crippen molar-refractivity contribution in [3.05, 3.63) is 30.7 Å². The van der Waals surface area contributed by atoms with Gasteiger partial charge in [-0.05, 0) is 32.1 Å². The number of hydrogen-bond acceptors (Lipinski definition) is 0. The molecule has 0 aromatic rings. The van der Waals surface area contributed by atoms with Crippen LogP contribution in [0.25, 0.3) is 0 Å². The van der Waals surface area contributed by atoms with Crippen molar-refractivity contribution in [2.75, 3.05) is 0 Å². The van der Waals surface area contributed by atoms with E-state index in [0.717, 1.165) is 0 Å². The topological polar surface area (TPSA) is 0 Å². The first-order valence-corrected chi connectivity index (χ1v) is 5.63. The highest BCUT2D eigenvalue weighted by molar-refractivity contribution is 5.02. The van der Waals surface area contributed by atoms with E-state index in [2.05, 4.69) is 30.7 Å². The van der Waals surface area contributed by atoms with Crippen LogP contribution in [0.5, 0.6) is 0 Å². The largest absolute Gasteiger partial charge is 0.0845 e. The van der Waals surface area contributed by atoms with E-state index in [9.17, 15) is 0 Å². The fourth-order valence-electron chi connectivity index (χ4n) is 1.60. The SMILES string of the molecule is [CH]1CCCC/C=C\C=C\CCCC1. The van der Waals surface area contributed by atoms with Crippen LogP contribution in [-0.4, -0.2) is 0 Å². The minimum atomic E-state index is 1.25. The summed E-state index contributed by atoms with van der Waals surface area (Å²) in [6, 6.07) is 0. The van der Waals surface area contributed by atoms with Crippen molar-refractivity contribution in [2.24, 2.45) is 0 Å². The van der Waals surface area contributed by atoms with Crippen LogP contribution in [-0.2, 0) is 0 Å². The van der Waals surface area contributed by atoms with Crippen LogP contribution in [0, 0.1) is 6.42 Å². The zero-order valence-corrected chi connectivity index (χ0v) is 8.54. The molecule has 1 rings (SSSR count). The monoisotopic (exact) mass is 177 g/mol. The summed E-state index contributed by atoms with van der Waals surface area (Å²) in [5.74, 6) is 0. The summed E-state index contributed by atoms with van der Waals surface area (Å²) in [6.45, 7) is 0. The van der Waals surface area contributed by atoms with Gasteiger partial charge in [0.25, 0.3) is 0 Å². The van der Waals surface area contributed by atoms with E-state index < -0.39 is 0 Å². The molecule has 0 saturated carbocycles. The van der Waals surface area contributed by atoms with Gasteiger partial charge in [-0.15, -0.1) is 0 Å². The van der Waals surface area contributed by atoms with E-state index in [1.165, 1.54) is 51.4 Å². The van der Waals surface area contributed by atoms with Gasteiger partial charge < -0.3 is 0 Å². The standard InChI is InChI=1S/C13H21/c1-2-4-6-8-10-12-13-11-9-7-5-3-1/h1-4,13H,5-12H2/b3-1-,4-2+. The molecular formula is C13H21. The van der Waals surface area contributed by atoms with E-state index in [4.69, 9.17) is 0 Å². The van der Waals surface area contributed by atoms with E-state index in [0.29, 0.717) is 0 Å². The van der Waals surface area contributed by atoms with Crippen LogP contribution in [0.2, 0.25) is 0 Å². The van der Waals surface area contributed by atoms with E-state index in [-0.39, 0.29) is 0 Å². The number of hydrogen-bond donors (Lipinski definition) is 0. The lowest BCUT2D eigenvalue weighted by Crippen LogP contribution is -1.80. The maximum absolute atomic E-state index is 2.46. The molecule has 0 aromatic heterocycles. The predicted molar refractivity (Wildman–Crippen MR) is 59.5 cm³/mol. The molecule has 0 heteroatoms. The Hall–Kier alpha value is -0.520. The summed E-state index contributed by atoms with van der Waals surface area (Å²) < 4.78 is 0. The minimum Gasteiger partial charge on any atom is -0.0845 e. The Bertz CT molecular complexity index is 135. The smallest absolute Gasteiger partial charge is 0.0348 e. The molecule has 13 heavy (non-hydrogen) atoms. The van der Waals surface area contributed by atoms with E-state index in [1.807, 2.05) is 0 Å². The van der Waals surface area contributed by atoms with Crippen LogP contribution in [0.1, 0.15) is 51.4 Å². The summed E-state index contributed by atoms with van der Waals surface area (Å²) in [5.41, 5.74) is 0. The molecule has 0 unspecified atom stereocenters. The molecule has 0 N–H and O–H groups in total. The van der Waals surface area contributed by atoms with Gasteiger partial charge >= 0.3 is 0 Å². The summed E-state index contributed by atoms with van der Waals surface area (Å²) in [7, 11) is 0. The van der Waals surface area contributed by atoms with E-state index in [1.54, 1.807) is 0 Å². The summed E-state index contributed by atoms with van der Waals surface area (Å²) >= 11 is 0. The first-order valence-electron chi connectivity index (χ1n) is 5.63. The zero-order chi connectivity index (χ0) is 9.19. The van der Waals surface area contributed by atoms with Gasteiger partial charge in [0, 0.05) is 0 Å². The summed E-state index contributed by atoms with van der Waals surface area (Å²) in [6.07, 6.45) is 22.0. The molecule has 0 amide bonds. The fourth-order valence-corrected chi connectivity index (χ4v) is 1.60. The molecule has 0 heterocycles. The highest BCUT2D eigenvalue weighted by Gasteiger charge is 1.91. The maximum Gasteiger partial charge on any atom is -0.0348 e. The molecule has 1 aliphatic carbocycles. The van der Waals surface area contributed by atoms with Crippen LogP contribution >= 0.6 is 0 Å². The van der Waals surface area contributed by atoms with Gasteiger partial charge in [-0.2, -0.15) is 0 Å². The average molecular weight is 177 g/mol. The second-order valence-corrected chi connectivity index (χ2v) is 3.71. The lowest BCUT2D eigenvalue weighted by molar-refractivity contribution is 0.676.